The Labute approximate surface area is 137 Å². The van der Waals surface area contributed by atoms with Crippen molar-refractivity contribution in [2.75, 3.05) is 11.9 Å². The van der Waals surface area contributed by atoms with Crippen molar-refractivity contribution in [1.82, 2.24) is 5.32 Å². The zero-order valence-electron chi connectivity index (χ0n) is 13.2. The van der Waals surface area contributed by atoms with Gasteiger partial charge in [-0.3, -0.25) is 0 Å². The number of benzene rings is 1. The van der Waals surface area contributed by atoms with Crippen molar-refractivity contribution in [1.29, 1.82) is 0 Å². The second kappa shape index (κ2) is 9.06. The van der Waals surface area contributed by atoms with Crippen LogP contribution in [0.4, 0.5) is 10.5 Å². The van der Waals surface area contributed by atoms with Gasteiger partial charge in [0.15, 0.2) is 0 Å². The fourth-order valence-corrected chi connectivity index (χ4v) is 3.85. The minimum absolute atomic E-state index is 0.221. The maximum atomic E-state index is 11.8. The Balaban J connectivity index is 1.76. The first-order valence-electron chi connectivity index (χ1n) is 8.07. The first kappa shape index (κ1) is 17.2. The van der Waals surface area contributed by atoms with E-state index >= 15 is 0 Å². The number of aliphatic hydroxyl groups excluding tert-OH is 1. The van der Waals surface area contributed by atoms with Gasteiger partial charge in [0.25, 0.3) is 0 Å². The van der Waals surface area contributed by atoms with Gasteiger partial charge in [-0.15, -0.1) is 0 Å². The van der Waals surface area contributed by atoms with Gasteiger partial charge >= 0.3 is 6.03 Å². The van der Waals surface area contributed by atoms with E-state index in [1.54, 1.807) is 6.92 Å². The first-order chi connectivity index (χ1) is 10.6. The van der Waals surface area contributed by atoms with Crippen molar-refractivity contribution in [3.8, 4) is 0 Å². The van der Waals surface area contributed by atoms with Gasteiger partial charge in [0.1, 0.15) is 0 Å². The predicted molar refractivity (Wildman–Crippen MR) is 93.3 cm³/mol. The van der Waals surface area contributed by atoms with E-state index in [0.717, 1.165) is 16.7 Å². The highest BCUT2D eigenvalue weighted by Crippen LogP contribution is 2.31. The van der Waals surface area contributed by atoms with Crippen LogP contribution in [-0.2, 0) is 5.75 Å². The number of aliphatic hydroxyl groups is 1. The number of thioether (sulfide) groups is 1. The smallest absolute Gasteiger partial charge is 0.319 e. The van der Waals surface area contributed by atoms with Crippen LogP contribution in [0.5, 0.6) is 0 Å². The van der Waals surface area contributed by atoms with Crippen LogP contribution in [0.2, 0.25) is 0 Å². The lowest BCUT2D eigenvalue weighted by atomic mass is 10.2. The van der Waals surface area contributed by atoms with E-state index in [1.807, 2.05) is 30.0 Å². The number of hydrogen-bond acceptors (Lipinski definition) is 3. The molecule has 5 heteroatoms. The molecule has 0 saturated heterocycles. The quantitative estimate of drug-likeness (QED) is 0.716. The van der Waals surface area contributed by atoms with Crippen LogP contribution >= 0.6 is 11.8 Å². The monoisotopic (exact) mass is 322 g/mol. The van der Waals surface area contributed by atoms with Crippen molar-refractivity contribution in [2.45, 2.75) is 56.1 Å². The van der Waals surface area contributed by atoms with Crippen LogP contribution < -0.4 is 10.6 Å². The van der Waals surface area contributed by atoms with Gasteiger partial charge in [0.2, 0.25) is 0 Å². The molecule has 1 unspecified atom stereocenters. The average molecular weight is 322 g/mol. The fourth-order valence-electron chi connectivity index (χ4n) is 2.58. The summed E-state index contributed by atoms with van der Waals surface area (Å²) in [5, 5.41) is 15.6. The van der Waals surface area contributed by atoms with Crippen LogP contribution in [0.15, 0.2) is 24.3 Å². The Kier molecular flexibility index (Phi) is 7.06. The molecule has 122 valence electrons. The molecular formula is C17H26N2O2S. The zero-order valence-corrected chi connectivity index (χ0v) is 14.0. The lowest BCUT2D eigenvalue weighted by molar-refractivity contribution is 0.184. The van der Waals surface area contributed by atoms with Gasteiger partial charge in [-0.05, 0) is 43.9 Å². The number of nitrogens with one attached hydrogen (secondary N) is 2. The van der Waals surface area contributed by atoms with E-state index in [1.165, 1.54) is 31.2 Å². The maximum Gasteiger partial charge on any atom is 0.319 e. The summed E-state index contributed by atoms with van der Waals surface area (Å²) in [6, 6.07) is 7.81. The Morgan fingerprint density at radius 3 is 2.91 bits per heavy atom. The Morgan fingerprint density at radius 2 is 2.18 bits per heavy atom. The largest absolute Gasteiger partial charge is 0.393 e. The summed E-state index contributed by atoms with van der Waals surface area (Å²) < 4.78 is 0. The van der Waals surface area contributed by atoms with Gasteiger partial charge in [-0.1, -0.05) is 25.0 Å². The summed E-state index contributed by atoms with van der Waals surface area (Å²) in [5.74, 6) is 1.00. The molecule has 1 saturated carbocycles. The Morgan fingerprint density at radius 1 is 1.41 bits per heavy atom. The highest BCUT2D eigenvalue weighted by molar-refractivity contribution is 7.99. The molecule has 2 rings (SSSR count). The number of carbonyl (C=O) groups is 1. The highest BCUT2D eigenvalue weighted by atomic mass is 32.2. The molecule has 1 aliphatic rings. The summed E-state index contributed by atoms with van der Waals surface area (Å²) in [6.07, 6.45) is 5.59. The van der Waals surface area contributed by atoms with E-state index in [9.17, 15) is 4.79 Å². The number of amides is 2. The number of urea groups is 1. The Hall–Kier alpha value is -1.20. The lowest BCUT2D eigenvalue weighted by Gasteiger charge is -2.11. The second-order valence-electron chi connectivity index (χ2n) is 5.94. The molecule has 0 heterocycles. The Bertz CT molecular complexity index is 473. The van der Waals surface area contributed by atoms with Crippen LogP contribution in [-0.4, -0.2) is 29.0 Å². The van der Waals surface area contributed by atoms with Gasteiger partial charge in [0, 0.05) is 23.2 Å². The normalized spacial score (nSPS) is 16.5. The topological polar surface area (TPSA) is 61.4 Å². The zero-order chi connectivity index (χ0) is 15.8. The third-order valence-electron chi connectivity index (χ3n) is 3.82. The number of carbonyl (C=O) groups excluding carboxylic acids is 1. The molecular weight excluding hydrogens is 296 g/mol. The molecule has 4 nitrogen and oxygen atoms in total. The fraction of sp³-hybridized carbons (Fsp3) is 0.588. The summed E-state index contributed by atoms with van der Waals surface area (Å²) in [5.41, 5.74) is 2.07. The van der Waals surface area contributed by atoms with Crippen LogP contribution in [0.1, 0.15) is 44.6 Å². The molecule has 0 aliphatic heterocycles. The van der Waals surface area contributed by atoms with E-state index in [-0.39, 0.29) is 6.03 Å². The van der Waals surface area contributed by atoms with Gasteiger partial charge in [0.05, 0.1) is 6.10 Å². The molecule has 1 aromatic rings. The average Bonchev–Trinajstić information content (AvgIpc) is 2.98. The van der Waals surface area contributed by atoms with Crippen LogP contribution in [0.25, 0.3) is 0 Å². The molecule has 1 fully saturated rings. The van der Waals surface area contributed by atoms with E-state index in [4.69, 9.17) is 5.11 Å². The minimum Gasteiger partial charge on any atom is -0.393 e. The van der Waals surface area contributed by atoms with E-state index < -0.39 is 6.10 Å². The van der Waals surface area contributed by atoms with E-state index in [0.29, 0.717) is 13.0 Å². The van der Waals surface area contributed by atoms with Crippen LogP contribution in [0.3, 0.4) is 0 Å². The van der Waals surface area contributed by atoms with Crippen molar-refractivity contribution in [3.63, 3.8) is 0 Å². The third-order valence-corrected chi connectivity index (χ3v) is 5.26. The number of rotatable bonds is 7. The molecule has 0 radical (unpaired) electrons. The summed E-state index contributed by atoms with van der Waals surface area (Å²) in [4.78, 5) is 11.8. The van der Waals surface area contributed by atoms with Gasteiger partial charge in [-0.2, -0.15) is 11.8 Å². The molecule has 22 heavy (non-hydrogen) atoms. The lowest BCUT2D eigenvalue weighted by Crippen LogP contribution is -2.30. The summed E-state index contributed by atoms with van der Waals surface area (Å²) in [7, 11) is 0. The summed E-state index contributed by atoms with van der Waals surface area (Å²) in [6.45, 7) is 2.19. The molecule has 1 aliphatic carbocycles. The molecule has 0 spiro atoms. The molecule has 1 atom stereocenters. The first-order valence-corrected chi connectivity index (χ1v) is 9.12. The minimum atomic E-state index is -0.392. The molecule has 3 N–H and O–H groups in total. The van der Waals surface area contributed by atoms with Crippen molar-refractivity contribution in [2.24, 2.45) is 0 Å². The maximum absolute atomic E-state index is 11.8. The standard InChI is InChI=1S/C17H26N2O2S/c1-13(20)9-10-18-17(21)19-15-6-4-5-14(11-15)12-22-16-7-2-3-8-16/h4-6,11,13,16,20H,2-3,7-10,12H2,1H3,(H2,18,19,21). The molecule has 0 aromatic heterocycles. The summed E-state index contributed by atoms with van der Waals surface area (Å²) >= 11 is 2.03. The number of anilines is 1. The molecule has 1 aromatic carbocycles. The van der Waals surface area contributed by atoms with Gasteiger partial charge in [-0.25, -0.2) is 4.79 Å². The molecule has 0 bridgehead atoms. The van der Waals surface area contributed by atoms with Crippen molar-refractivity contribution >= 4 is 23.5 Å². The van der Waals surface area contributed by atoms with Gasteiger partial charge < -0.3 is 15.7 Å². The molecule has 2 amide bonds. The highest BCUT2D eigenvalue weighted by Gasteiger charge is 2.15. The van der Waals surface area contributed by atoms with Crippen molar-refractivity contribution in [3.05, 3.63) is 29.8 Å². The SMILES string of the molecule is CC(O)CCNC(=O)Nc1cccc(CSC2CCCC2)c1. The van der Waals surface area contributed by atoms with Crippen molar-refractivity contribution < 1.29 is 9.90 Å². The predicted octanol–water partition coefficient (Wildman–Crippen LogP) is 3.75. The number of hydrogen-bond donors (Lipinski definition) is 3. The van der Waals surface area contributed by atoms with Crippen LogP contribution in [0, 0.1) is 0 Å². The van der Waals surface area contributed by atoms with E-state index in [2.05, 4.69) is 16.7 Å². The third kappa shape index (κ3) is 6.28. The second-order valence-corrected chi connectivity index (χ2v) is 7.23.